The van der Waals surface area contributed by atoms with Crippen LogP contribution in [0.3, 0.4) is 0 Å². The maximum absolute atomic E-state index is 11.8. The highest BCUT2D eigenvalue weighted by atomic mass is 16.1. The molecule has 4 heteroatoms. The Balaban J connectivity index is 2.14. The van der Waals surface area contributed by atoms with Crippen molar-refractivity contribution in [3.63, 3.8) is 0 Å². The van der Waals surface area contributed by atoms with Crippen LogP contribution in [0.15, 0.2) is 24.3 Å². The number of carbonyl (C=O) groups is 2. The van der Waals surface area contributed by atoms with Crippen molar-refractivity contribution in [2.45, 2.75) is 39.0 Å². The largest absolute Gasteiger partial charge is 0.388 e. The van der Waals surface area contributed by atoms with Crippen molar-refractivity contribution < 1.29 is 9.59 Å². The van der Waals surface area contributed by atoms with E-state index in [1.54, 1.807) is 6.92 Å². The third-order valence-corrected chi connectivity index (χ3v) is 3.18. The van der Waals surface area contributed by atoms with Crippen molar-refractivity contribution >= 4 is 17.4 Å². The van der Waals surface area contributed by atoms with E-state index in [-0.39, 0.29) is 11.7 Å². The van der Waals surface area contributed by atoms with Crippen molar-refractivity contribution in [1.29, 1.82) is 0 Å². The van der Waals surface area contributed by atoms with E-state index in [1.165, 1.54) is 0 Å². The standard InChI is InChI=1S/C16H24N2O2/c1-13(19)7-5-3-4-6-12-18-16(20)14-8-10-15(17-2)11-9-14/h8-11,17H,3-7,12H2,1-2H3,(H,18,20). The predicted molar refractivity (Wildman–Crippen MR) is 82.1 cm³/mol. The fourth-order valence-corrected chi connectivity index (χ4v) is 1.94. The number of unbranched alkanes of at least 4 members (excludes halogenated alkanes) is 3. The van der Waals surface area contributed by atoms with Crippen molar-refractivity contribution in [2.75, 3.05) is 18.9 Å². The predicted octanol–water partition coefficient (Wildman–Crippen LogP) is 3.00. The van der Waals surface area contributed by atoms with Crippen LogP contribution in [0, 0.1) is 0 Å². The Hall–Kier alpha value is -1.84. The number of rotatable bonds is 9. The zero-order chi connectivity index (χ0) is 14.8. The quantitative estimate of drug-likeness (QED) is 0.682. The lowest BCUT2D eigenvalue weighted by Gasteiger charge is -2.06. The molecule has 0 unspecified atom stereocenters. The molecule has 1 aromatic rings. The maximum Gasteiger partial charge on any atom is 0.251 e. The van der Waals surface area contributed by atoms with Crippen LogP contribution in [0.2, 0.25) is 0 Å². The first-order valence-electron chi connectivity index (χ1n) is 7.19. The van der Waals surface area contributed by atoms with Crippen LogP contribution in [0.25, 0.3) is 0 Å². The highest BCUT2D eigenvalue weighted by molar-refractivity contribution is 5.94. The molecule has 0 aliphatic heterocycles. The molecule has 0 saturated heterocycles. The summed E-state index contributed by atoms with van der Waals surface area (Å²) in [5.74, 6) is 0.222. The third-order valence-electron chi connectivity index (χ3n) is 3.18. The number of Topliss-reactive ketones (excluding diaryl/α,β-unsaturated/α-hetero) is 1. The van der Waals surface area contributed by atoms with Gasteiger partial charge in [0.15, 0.2) is 0 Å². The molecule has 0 saturated carbocycles. The topological polar surface area (TPSA) is 58.2 Å². The molecule has 0 radical (unpaired) electrons. The van der Waals surface area contributed by atoms with Gasteiger partial charge >= 0.3 is 0 Å². The number of hydrogen-bond donors (Lipinski definition) is 2. The van der Waals surface area contributed by atoms with Gasteiger partial charge in [-0.15, -0.1) is 0 Å². The van der Waals surface area contributed by atoms with Gasteiger partial charge in [-0.25, -0.2) is 0 Å². The van der Waals surface area contributed by atoms with Crippen LogP contribution in [0.5, 0.6) is 0 Å². The molecule has 0 atom stereocenters. The first-order chi connectivity index (χ1) is 9.63. The summed E-state index contributed by atoms with van der Waals surface area (Å²) in [6.07, 6.45) is 4.68. The molecule has 0 aromatic heterocycles. The summed E-state index contributed by atoms with van der Waals surface area (Å²) in [6.45, 7) is 2.31. The van der Waals surface area contributed by atoms with Gasteiger partial charge in [0.05, 0.1) is 0 Å². The molecule has 0 aliphatic rings. The highest BCUT2D eigenvalue weighted by Crippen LogP contribution is 2.08. The smallest absolute Gasteiger partial charge is 0.251 e. The van der Waals surface area contributed by atoms with E-state index in [0.717, 1.165) is 31.4 Å². The fourth-order valence-electron chi connectivity index (χ4n) is 1.94. The van der Waals surface area contributed by atoms with E-state index < -0.39 is 0 Å². The van der Waals surface area contributed by atoms with E-state index >= 15 is 0 Å². The average Bonchev–Trinajstić information content (AvgIpc) is 2.45. The zero-order valence-corrected chi connectivity index (χ0v) is 12.4. The first-order valence-corrected chi connectivity index (χ1v) is 7.19. The monoisotopic (exact) mass is 276 g/mol. The molecule has 0 spiro atoms. The Morgan fingerprint density at radius 3 is 2.25 bits per heavy atom. The molecule has 2 N–H and O–H groups in total. The number of hydrogen-bond acceptors (Lipinski definition) is 3. The summed E-state index contributed by atoms with van der Waals surface area (Å²) >= 11 is 0. The lowest BCUT2D eigenvalue weighted by Crippen LogP contribution is -2.24. The second kappa shape index (κ2) is 9.13. The van der Waals surface area contributed by atoms with E-state index in [2.05, 4.69) is 10.6 Å². The van der Waals surface area contributed by atoms with Crippen LogP contribution in [-0.2, 0) is 4.79 Å². The van der Waals surface area contributed by atoms with Crippen LogP contribution >= 0.6 is 0 Å². The minimum absolute atomic E-state index is 0.0311. The van der Waals surface area contributed by atoms with Crippen molar-refractivity contribution in [3.8, 4) is 0 Å². The summed E-state index contributed by atoms with van der Waals surface area (Å²) in [5, 5.41) is 5.93. The number of amides is 1. The van der Waals surface area contributed by atoms with Crippen LogP contribution in [-0.4, -0.2) is 25.3 Å². The lowest BCUT2D eigenvalue weighted by molar-refractivity contribution is -0.117. The molecule has 0 fully saturated rings. The molecule has 4 nitrogen and oxygen atoms in total. The highest BCUT2D eigenvalue weighted by Gasteiger charge is 2.04. The summed E-state index contributed by atoms with van der Waals surface area (Å²) in [4.78, 5) is 22.6. The molecular formula is C16H24N2O2. The number of ketones is 1. The van der Waals surface area contributed by atoms with E-state index in [9.17, 15) is 9.59 Å². The van der Waals surface area contributed by atoms with Gasteiger partial charge in [0.2, 0.25) is 0 Å². The van der Waals surface area contributed by atoms with Gasteiger partial charge in [0.25, 0.3) is 5.91 Å². The van der Waals surface area contributed by atoms with Crippen molar-refractivity contribution in [2.24, 2.45) is 0 Å². The number of anilines is 1. The minimum atomic E-state index is -0.0311. The molecule has 1 amide bonds. The molecule has 1 aromatic carbocycles. The van der Waals surface area contributed by atoms with Gasteiger partial charge < -0.3 is 15.4 Å². The summed E-state index contributed by atoms with van der Waals surface area (Å²) in [5.41, 5.74) is 1.67. The Bertz CT molecular complexity index is 427. The van der Waals surface area contributed by atoms with Gasteiger partial charge in [0.1, 0.15) is 5.78 Å². The fraction of sp³-hybridized carbons (Fsp3) is 0.500. The van der Waals surface area contributed by atoms with Crippen LogP contribution in [0.1, 0.15) is 49.4 Å². The molecule has 1 rings (SSSR count). The second-order valence-corrected chi connectivity index (χ2v) is 4.95. The van der Waals surface area contributed by atoms with Crippen LogP contribution in [0.4, 0.5) is 5.69 Å². The third kappa shape index (κ3) is 6.36. The Morgan fingerprint density at radius 1 is 1.00 bits per heavy atom. The Morgan fingerprint density at radius 2 is 1.65 bits per heavy atom. The van der Waals surface area contributed by atoms with E-state index in [4.69, 9.17) is 0 Å². The average molecular weight is 276 g/mol. The maximum atomic E-state index is 11.8. The molecular weight excluding hydrogens is 252 g/mol. The zero-order valence-electron chi connectivity index (χ0n) is 12.4. The van der Waals surface area contributed by atoms with Gasteiger partial charge in [-0.2, -0.15) is 0 Å². The summed E-state index contributed by atoms with van der Waals surface area (Å²) in [7, 11) is 1.85. The number of nitrogens with one attached hydrogen (secondary N) is 2. The minimum Gasteiger partial charge on any atom is -0.388 e. The molecule has 0 aliphatic carbocycles. The van der Waals surface area contributed by atoms with Crippen LogP contribution < -0.4 is 10.6 Å². The normalized spacial score (nSPS) is 10.1. The molecule has 20 heavy (non-hydrogen) atoms. The number of carbonyl (C=O) groups excluding carboxylic acids is 2. The first kappa shape index (κ1) is 16.2. The Labute approximate surface area is 121 Å². The lowest BCUT2D eigenvalue weighted by atomic mass is 10.1. The molecule has 0 bridgehead atoms. The summed E-state index contributed by atoms with van der Waals surface area (Å²) < 4.78 is 0. The van der Waals surface area contributed by atoms with E-state index in [0.29, 0.717) is 18.5 Å². The Kier molecular flexibility index (Phi) is 7.40. The van der Waals surface area contributed by atoms with Gasteiger partial charge in [-0.3, -0.25) is 4.79 Å². The number of benzene rings is 1. The van der Waals surface area contributed by atoms with Gasteiger partial charge in [0, 0.05) is 31.3 Å². The van der Waals surface area contributed by atoms with E-state index in [1.807, 2.05) is 31.3 Å². The SMILES string of the molecule is CNc1ccc(C(=O)NCCCCCCC(C)=O)cc1. The van der Waals surface area contributed by atoms with Gasteiger partial charge in [-0.05, 0) is 44.0 Å². The van der Waals surface area contributed by atoms with Gasteiger partial charge in [-0.1, -0.05) is 12.8 Å². The molecule has 110 valence electrons. The second-order valence-electron chi connectivity index (χ2n) is 4.95. The molecule has 0 heterocycles. The van der Waals surface area contributed by atoms with Crippen molar-refractivity contribution in [3.05, 3.63) is 29.8 Å². The van der Waals surface area contributed by atoms with Crippen molar-refractivity contribution in [1.82, 2.24) is 5.32 Å². The summed E-state index contributed by atoms with van der Waals surface area (Å²) in [6, 6.07) is 7.40.